The molecule has 1 aromatic rings. The van der Waals surface area contributed by atoms with Gasteiger partial charge in [0.05, 0.1) is 11.8 Å². The van der Waals surface area contributed by atoms with Crippen molar-refractivity contribution in [2.24, 2.45) is 7.05 Å². The Morgan fingerprint density at radius 2 is 2.17 bits per heavy atom. The molecule has 0 bridgehead atoms. The highest BCUT2D eigenvalue weighted by atomic mass is 19.4. The summed E-state index contributed by atoms with van der Waals surface area (Å²) in [7, 11) is 1.20. The lowest BCUT2D eigenvalue weighted by molar-refractivity contribution is -0.143. The zero-order valence-electron chi connectivity index (χ0n) is 6.18. The summed E-state index contributed by atoms with van der Waals surface area (Å²) in [4.78, 5) is 0. The maximum atomic E-state index is 12.2. The number of aromatic nitrogens is 2. The topological polar surface area (TPSA) is 17.8 Å². The second kappa shape index (κ2) is 2.55. The number of nitrogens with zero attached hydrogens (tertiary/aromatic N) is 2. The highest BCUT2D eigenvalue weighted by Gasteiger charge is 2.36. The zero-order chi connectivity index (χ0) is 9.35. The maximum Gasteiger partial charge on any atom is 0.434 e. The SMILES string of the molecule is C#Cc1cnn(C)c1C(F)(F)F. The van der Waals surface area contributed by atoms with E-state index < -0.39 is 11.9 Å². The van der Waals surface area contributed by atoms with Crippen molar-refractivity contribution in [2.75, 3.05) is 0 Å². The zero-order valence-corrected chi connectivity index (χ0v) is 6.18. The molecule has 0 aliphatic heterocycles. The predicted molar refractivity (Wildman–Crippen MR) is 36.1 cm³/mol. The Labute approximate surface area is 67.0 Å². The maximum absolute atomic E-state index is 12.2. The first-order valence-electron chi connectivity index (χ1n) is 3.02. The second-order valence-electron chi connectivity index (χ2n) is 2.17. The van der Waals surface area contributed by atoms with Crippen LogP contribution in [0.25, 0.3) is 0 Å². The third-order valence-corrected chi connectivity index (χ3v) is 1.36. The van der Waals surface area contributed by atoms with Crippen molar-refractivity contribution >= 4 is 0 Å². The monoisotopic (exact) mass is 174 g/mol. The number of alkyl halides is 3. The Balaban J connectivity index is 3.32. The molecular weight excluding hydrogens is 169 g/mol. The van der Waals surface area contributed by atoms with E-state index in [0.717, 1.165) is 10.9 Å². The molecule has 0 fully saturated rings. The van der Waals surface area contributed by atoms with E-state index in [2.05, 4.69) is 5.10 Å². The minimum absolute atomic E-state index is 0.231. The van der Waals surface area contributed by atoms with Gasteiger partial charge in [0, 0.05) is 7.05 Å². The van der Waals surface area contributed by atoms with Crippen LogP contribution in [0.1, 0.15) is 11.3 Å². The summed E-state index contributed by atoms with van der Waals surface area (Å²) in [5.41, 5.74) is -1.12. The van der Waals surface area contributed by atoms with Gasteiger partial charge < -0.3 is 0 Å². The van der Waals surface area contributed by atoms with Crippen LogP contribution in [0.5, 0.6) is 0 Å². The largest absolute Gasteiger partial charge is 0.434 e. The van der Waals surface area contributed by atoms with Crippen molar-refractivity contribution in [1.82, 2.24) is 9.78 Å². The van der Waals surface area contributed by atoms with E-state index >= 15 is 0 Å². The first-order chi connectivity index (χ1) is 5.46. The van der Waals surface area contributed by atoms with Crippen LogP contribution in [-0.2, 0) is 13.2 Å². The molecule has 0 amide bonds. The van der Waals surface area contributed by atoms with Gasteiger partial charge in [0.25, 0.3) is 0 Å². The Morgan fingerprint density at radius 1 is 1.58 bits per heavy atom. The summed E-state index contributed by atoms with van der Waals surface area (Å²) in [5.74, 6) is 1.92. The van der Waals surface area contributed by atoms with E-state index in [9.17, 15) is 13.2 Å². The Bertz CT molecular complexity index is 329. The van der Waals surface area contributed by atoms with E-state index in [1.165, 1.54) is 7.05 Å². The molecule has 0 saturated carbocycles. The highest BCUT2D eigenvalue weighted by Crippen LogP contribution is 2.30. The molecule has 0 saturated heterocycles. The average Bonchev–Trinajstić information content (AvgIpc) is 2.29. The fourth-order valence-corrected chi connectivity index (χ4v) is 0.879. The summed E-state index contributed by atoms with van der Waals surface area (Å²) in [6.45, 7) is 0. The van der Waals surface area contributed by atoms with Crippen LogP contribution in [-0.4, -0.2) is 9.78 Å². The molecule has 2 nitrogen and oxygen atoms in total. The predicted octanol–water partition coefficient (Wildman–Crippen LogP) is 1.42. The van der Waals surface area contributed by atoms with Gasteiger partial charge in [-0.25, -0.2) is 0 Å². The number of terminal acetylenes is 1. The molecule has 0 aliphatic rings. The third kappa shape index (κ3) is 1.28. The van der Waals surface area contributed by atoms with Gasteiger partial charge in [0.1, 0.15) is 0 Å². The van der Waals surface area contributed by atoms with Crippen molar-refractivity contribution in [3.8, 4) is 12.3 Å². The lowest BCUT2D eigenvalue weighted by atomic mass is 10.2. The summed E-state index contributed by atoms with van der Waals surface area (Å²) >= 11 is 0. The van der Waals surface area contributed by atoms with Gasteiger partial charge in [-0.2, -0.15) is 18.3 Å². The number of aryl methyl sites for hydroxylation is 1. The molecule has 0 aromatic carbocycles. The lowest BCUT2D eigenvalue weighted by Crippen LogP contribution is -2.13. The first kappa shape index (κ1) is 8.65. The smallest absolute Gasteiger partial charge is 0.262 e. The van der Waals surface area contributed by atoms with Crippen LogP contribution in [0.3, 0.4) is 0 Å². The summed E-state index contributed by atoms with van der Waals surface area (Å²) < 4.78 is 37.2. The fourth-order valence-electron chi connectivity index (χ4n) is 0.879. The van der Waals surface area contributed by atoms with E-state index in [4.69, 9.17) is 6.42 Å². The van der Waals surface area contributed by atoms with Crippen LogP contribution in [0.2, 0.25) is 0 Å². The summed E-state index contributed by atoms with van der Waals surface area (Å²) in [5, 5.41) is 3.41. The van der Waals surface area contributed by atoms with Gasteiger partial charge >= 0.3 is 6.18 Å². The van der Waals surface area contributed by atoms with Gasteiger partial charge in [-0.15, -0.1) is 6.42 Å². The van der Waals surface area contributed by atoms with Gasteiger partial charge in [-0.3, -0.25) is 4.68 Å². The second-order valence-corrected chi connectivity index (χ2v) is 2.17. The molecule has 5 heteroatoms. The van der Waals surface area contributed by atoms with E-state index in [-0.39, 0.29) is 5.56 Å². The molecule has 1 aromatic heterocycles. The molecule has 64 valence electrons. The van der Waals surface area contributed by atoms with Crippen molar-refractivity contribution in [3.05, 3.63) is 17.5 Å². The molecule has 0 atom stereocenters. The number of halogens is 3. The van der Waals surface area contributed by atoms with Crippen LogP contribution >= 0.6 is 0 Å². The van der Waals surface area contributed by atoms with Gasteiger partial charge in [0.2, 0.25) is 0 Å². The first-order valence-corrected chi connectivity index (χ1v) is 3.02. The van der Waals surface area contributed by atoms with Gasteiger partial charge in [-0.1, -0.05) is 5.92 Å². The molecule has 0 radical (unpaired) electrons. The normalized spacial score (nSPS) is 11.2. The molecule has 1 rings (SSSR count). The van der Waals surface area contributed by atoms with Crippen LogP contribution < -0.4 is 0 Å². The Kier molecular flexibility index (Phi) is 1.84. The molecule has 1 heterocycles. The van der Waals surface area contributed by atoms with E-state index in [1.807, 2.05) is 5.92 Å². The lowest BCUT2D eigenvalue weighted by Gasteiger charge is -2.06. The summed E-state index contributed by atoms with van der Waals surface area (Å²) in [6, 6.07) is 0. The standard InChI is InChI=1S/C7H5F3N2/c1-3-5-4-11-12(2)6(5)7(8,9)10/h1,4H,2H3. The minimum atomic E-state index is -4.44. The highest BCUT2D eigenvalue weighted by molar-refractivity contribution is 5.35. The molecule has 0 spiro atoms. The minimum Gasteiger partial charge on any atom is -0.262 e. The van der Waals surface area contributed by atoms with Gasteiger partial charge in [0.15, 0.2) is 5.69 Å². The van der Waals surface area contributed by atoms with Crippen LogP contribution in [0.4, 0.5) is 13.2 Å². The molecule has 0 aliphatic carbocycles. The average molecular weight is 174 g/mol. The van der Waals surface area contributed by atoms with Crippen molar-refractivity contribution < 1.29 is 13.2 Å². The quantitative estimate of drug-likeness (QED) is 0.544. The van der Waals surface area contributed by atoms with E-state index in [1.54, 1.807) is 0 Å². The van der Waals surface area contributed by atoms with Crippen LogP contribution in [0.15, 0.2) is 6.20 Å². The van der Waals surface area contributed by atoms with Crippen molar-refractivity contribution in [3.63, 3.8) is 0 Å². The van der Waals surface area contributed by atoms with Gasteiger partial charge in [-0.05, 0) is 0 Å². The van der Waals surface area contributed by atoms with E-state index in [0.29, 0.717) is 0 Å². The number of rotatable bonds is 0. The fraction of sp³-hybridized carbons (Fsp3) is 0.286. The third-order valence-electron chi connectivity index (χ3n) is 1.36. The number of hydrogen-bond acceptors (Lipinski definition) is 1. The molecule has 12 heavy (non-hydrogen) atoms. The Hall–Kier alpha value is -1.44. The number of hydrogen-bond donors (Lipinski definition) is 0. The van der Waals surface area contributed by atoms with Crippen molar-refractivity contribution in [2.45, 2.75) is 6.18 Å². The molecule has 0 N–H and O–H groups in total. The summed E-state index contributed by atoms with van der Waals surface area (Å²) in [6.07, 6.45) is 1.44. The van der Waals surface area contributed by atoms with Crippen molar-refractivity contribution in [1.29, 1.82) is 0 Å². The Morgan fingerprint density at radius 3 is 2.50 bits per heavy atom. The molecule has 0 unspecified atom stereocenters. The van der Waals surface area contributed by atoms with Crippen LogP contribution in [0, 0.1) is 12.3 Å². The molecular formula is C7H5F3N2.